The van der Waals surface area contributed by atoms with Gasteiger partial charge < -0.3 is 15.2 Å². The molecule has 5 nitrogen and oxygen atoms in total. The molecule has 0 bridgehead atoms. The molecule has 1 heterocycles. The number of hydrogen-bond acceptors (Lipinski definition) is 4. The van der Waals surface area contributed by atoms with Crippen LogP contribution in [0.15, 0.2) is 72.8 Å². The van der Waals surface area contributed by atoms with E-state index >= 15 is 0 Å². The third-order valence-corrected chi connectivity index (χ3v) is 5.64. The van der Waals surface area contributed by atoms with E-state index in [9.17, 15) is 14.3 Å². The van der Waals surface area contributed by atoms with Crippen molar-refractivity contribution in [2.45, 2.75) is 31.7 Å². The lowest BCUT2D eigenvalue weighted by Crippen LogP contribution is -2.35. The number of anilines is 2. The Morgan fingerprint density at radius 2 is 1.61 bits per heavy atom. The number of aromatic hydroxyl groups is 1. The number of benzene rings is 3. The van der Waals surface area contributed by atoms with Crippen LogP contribution in [0.1, 0.15) is 36.0 Å². The molecule has 1 amide bonds. The van der Waals surface area contributed by atoms with Crippen LogP contribution in [0.3, 0.4) is 0 Å². The quantitative estimate of drug-likeness (QED) is 0.455. The van der Waals surface area contributed by atoms with Gasteiger partial charge in [0.25, 0.3) is 5.91 Å². The molecule has 7 heteroatoms. The van der Waals surface area contributed by atoms with Crippen LogP contribution in [-0.2, 0) is 0 Å². The van der Waals surface area contributed by atoms with Gasteiger partial charge in [0.1, 0.15) is 17.3 Å². The highest BCUT2D eigenvalue weighted by atomic mass is 35.5. The summed E-state index contributed by atoms with van der Waals surface area (Å²) in [5.74, 6) is 0.152. The molecular weight excluding hydrogens is 443 g/mol. The summed E-state index contributed by atoms with van der Waals surface area (Å²) in [6, 6.07) is 19.7. The summed E-state index contributed by atoms with van der Waals surface area (Å²) in [4.78, 5) is 14.8. The monoisotopic (exact) mass is 470 g/mol. The summed E-state index contributed by atoms with van der Waals surface area (Å²) < 4.78 is 19.2. The standard InChI is InChI=1S/C26H27FN2O3.ClH/c27-20-6-4-19(5-7-20)26(31)29(22-8-12-24(30)13-9-22)23-10-14-25(15-11-23)32-18-16-21-3-1-2-17-28-21;/h4-15,21,28,30H,1-3,16-18H2;1H. The van der Waals surface area contributed by atoms with Crippen LogP contribution in [-0.4, -0.2) is 30.2 Å². The van der Waals surface area contributed by atoms with Crippen LogP contribution in [0.5, 0.6) is 11.5 Å². The van der Waals surface area contributed by atoms with E-state index in [1.165, 1.54) is 60.6 Å². The maximum absolute atomic E-state index is 13.3. The van der Waals surface area contributed by atoms with Crippen molar-refractivity contribution >= 4 is 29.7 Å². The molecule has 1 aliphatic rings. The Kier molecular flexibility index (Phi) is 8.69. The van der Waals surface area contributed by atoms with Crippen LogP contribution < -0.4 is 15.0 Å². The minimum absolute atomic E-state index is 0. The number of nitrogens with one attached hydrogen (secondary N) is 1. The normalized spacial score (nSPS) is 15.4. The maximum atomic E-state index is 13.3. The molecule has 0 aromatic heterocycles. The van der Waals surface area contributed by atoms with Crippen molar-refractivity contribution in [2.24, 2.45) is 0 Å². The highest BCUT2D eigenvalue weighted by molar-refractivity contribution is 6.10. The number of phenolic OH excluding ortho intramolecular Hbond substituents is 1. The van der Waals surface area contributed by atoms with Crippen molar-refractivity contribution in [3.05, 3.63) is 84.2 Å². The van der Waals surface area contributed by atoms with Gasteiger partial charge in [-0.1, -0.05) is 6.42 Å². The first-order valence-electron chi connectivity index (χ1n) is 11.0. The van der Waals surface area contributed by atoms with Crippen LogP contribution in [0.2, 0.25) is 0 Å². The molecule has 1 fully saturated rings. The van der Waals surface area contributed by atoms with Crippen molar-refractivity contribution < 1.29 is 19.0 Å². The second-order valence-electron chi connectivity index (χ2n) is 7.94. The number of carbonyl (C=O) groups is 1. The Labute approximate surface area is 199 Å². The summed E-state index contributed by atoms with van der Waals surface area (Å²) in [7, 11) is 0. The fraction of sp³-hybridized carbons (Fsp3) is 0.269. The van der Waals surface area contributed by atoms with Crippen LogP contribution in [0.25, 0.3) is 0 Å². The van der Waals surface area contributed by atoms with E-state index in [1.54, 1.807) is 12.1 Å². The number of piperidine rings is 1. The summed E-state index contributed by atoms with van der Waals surface area (Å²) >= 11 is 0. The van der Waals surface area contributed by atoms with Gasteiger partial charge in [0.05, 0.1) is 6.61 Å². The summed E-state index contributed by atoms with van der Waals surface area (Å²) in [5.41, 5.74) is 1.60. The van der Waals surface area contributed by atoms with Crippen molar-refractivity contribution in [1.29, 1.82) is 0 Å². The van der Waals surface area contributed by atoms with Gasteiger partial charge in [0.15, 0.2) is 0 Å². The molecule has 33 heavy (non-hydrogen) atoms. The zero-order valence-corrected chi connectivity index (χ0v) is 19.1. The molecule has 3 aromatic rings. The number of nitrogens with zero attached hydrogens (tertiary/aromatic N) is 1. The van der Waals surface area contributed by atoms with Crippen molar-refractivity contribution in [1.82, 2.24) is 5.32 Å². The minimum Gasteiger partial charge on any atom is -0.508 e. The lowest BCUT2D eigenvalue weighted by Gasteiger charge is -2.24. The molecule has 2 N–H and O–H groups in total. The Hall–Kier alpha value is -3.09. The second kappa shape index (κ2) is 11.7. The molecule has 0 saturated carbocycles. The number of carbonyl (C=O) groups excluding carboxylic acids is 1. The molecule has 1 saturated heterocycles. The predicted molar refractivity (Wildman–Crippen MR) is 130 cm³/mol. The van der Waals surface area contributed by atoms with E-state index in [4.69, 9.17) is 4.74 Å². The van der Waals surface area contributed by atoms with Crippen LogP contribution in [0, 0.1) is 5.82 Å². The zero-order valence-electron chi connectivity index (χ0n) is 18.2. The Morgan fingerprint density at radius 1 is 0.970 bits per heavy atom. The Bertz CT molecular complexity index is 1020. The first kappa shape index (κ1) is 24.6. The highest BCUT2D eigenvalue weighted by Gasteiger charge is 2.20. The van der Waals surface area contributed by atoms with E-state index in [0.717, 1.165) is 18.7 Å². The molecule has 0 spiro atoms. The van der Waals surface area contributed by atoms with Gasteiger partial charge >= 0.3 is 0 Å². The number of hydrogen-bond donors (Lipinski definition) is 2. The smallest absolute Gasteiger partial charge is 0.262 e. The Morgan fingerprint density at radius 3 is 2.21 bits per heavy atom. The summed E-state index contributed by atoms with van der Waals surface area (Å²) in [5, 5.41) is 13.2. The van der Waals surface area contributed by atoms with Gasteiger partial charge in [0.2, 0.25) is 0 Å². The van der Waals surface area contributed by atoms with E-state index in [1.807, 2.05) is 24.3 Å². The van der Waals surface area contributed by atoms with E-state index in [0.29, 0.717) is 29.6 Å². The number of amides is 1. The first-order valence-corrected chi connectivity index (χ1v) is 11.0. The molecular formula is C26H28ClFN2O3. The Balaban J connectivity index is 0.00000306. The average Bonchev–Trinajstić information content (AvgIpc) is 2.82. The highest BCUT2D eigenvalue weighted by Crippen LogP contribution is 2.30. The maximum Gasteiger partial charge on any atom is 0.262 e. The third-order valence-electron chi connectivity index (χ3n) is 5.64. The molecule has 0 aliphatic carbocycles. The lowest BCUT2D eigenvalue weighted by atomic mass is 10.0. The van der Waals surface area contributed by atoms with E-state index in [2.05, 4.69) is 5.32 Å². The van der Waals surface area contributed by atoms with Gasteiger partial charge in [-0.05, 0) is 98.6 Å². The first-order chi connectivity index (χ1) is 15.6. The molecule has 0 radical (unpaired) electrons. The fourth-order valence-electron chi connectivity index (χ4n) is 3.89. The van der Waals surface area contributed by atoms with Crippen molar-refractivity contribution in [2.75, 3.05) is 18.1 Å². The number of phenols is 1. The molecule has 1 unspecified atom stereocenters. The molecule has 3 aromatic carbocycles. The third kappa shape index (κ3) is 6.46. The number of halogens is 2. The molecule has 174 valence electrons. The second-order valence-corrected chi connectivity index (χ2v) is 7.94. The zero-order chi connectivity index (χ0) is 22.3. The van der Waals surface area contributed by atoms with Gasteiger partial charge in [-0.3, -0.25) is 9.69 Å². The SMILES string of the molecule is Cl.O=C(c1ccc(F)cc1)N(c1ccc(O)cc1)c1ccc(OCCC2CCCCN2)cc1. The molecule has 1 aliphatic heterocycles. The van der Waals surface area contributed by atoms with E-state index in [-0.39, 0.29) is 24.1 Å². The number of rotatable bonds is 7. The van der Waals surface area contributed by atoms with Gasteiger partial charge in [-0.2, -0.15) is 0 Å². The van der Waals surface area contributed by atoms with Crippen molar-refractivity contribution in [3.63, 3.8) is 0 Å². The average molecular weight is 471 g/mol. The minimum atomic E-state index is -0.400. The summed E-state index contributed by atoms with van der Waals surface area (Å²) in [6.07, 6.45) is 4.66. The number of ether oxygens (including phenoxy) is 1. The van der Waals surface area contributed by atoms with E-state index < -0.39 is 5.82 Å². The topological polar surface area (TPSA) is 61.8 Å². The van der Waals surface area contributed by atoms with Gasteiger partial charge in [-0.15, -0.1) is 12.4 Å². The fourth-order valence-corrected chi connectivity index (χ4v) is 3.89. The molecule has 4 rings (SSSR count). The summed E-state index contributed by atoms with van der Waals surface area (Å²) in [6.45, 7) is 1.71. The van der Waals surface area contributed by atoms with Crippen LogP contribution in [0.4, 0.5) is 15.8 Å². The van der Waals surface area contributed by atoms with Crippen molar-refractivity contribution in [3.8, 4) is 11.5 Å². The predicted octanol–water partition coefficient (Wildman–Crippen LogP) is 5.84. The van der Waals surface area contributed by atoms with Gasteiger partial charge in [-0.25, -0.2) is 4.39 Å². The lowest BCUT2D eigenvalue weighted by molar-refractivity contribution is 0.0999. The largest absolute Gasteiger partial charge is 0.508 e. The van der Waals surface area contributed by atoms with Crippen LogP contribution >= 0.6 is 12.4 Å². The van der Waals surface area contributed by atoms with Gasteiger partial charge in [0, 0.05) is 23.0 Å². The molecule has 1 atom stereocenters.